The van der Waals surface area contributed by atoms with Gasteiger partial charge < -0.3 is 15.0 Å². The lowest BCUT2D eigenvalue weighted by molar-refractivity contribution is 0.0698. The number of carboxylic acid groups (broad SMARTS) is 1. The number of aromatic amines is 1. The Morgan fingerprint density at radius 2 is 2.00 bits per heavy atom. The van der Waals surface area contributed by atoms with E-state index in [0.29, 0.717) is 11.3 Å². The molecule has 2 rings (SSSR count). The number of nitrogens with zero attached hydrogens (tertiary/aromatic N) is 1. The van der Waals surface area contributed by atoms with E-state index in [4.69, 9.17) is 0 Å². The number of aromatic carboxylic acids is 1. The maximum absolute atomic E-state index is 11.3. The summed E-state index contributed by atoms with van der Waals surface area (Å²) in [5.74, 6) is -0.866. The van der Waals surface area contributed by atoms with Crippen LogP contribution < -0.4 is 0 Å². The van der Waals surface area contributed by atoms with E-state index in [2.05, 4.69) is 29.8 Å². The molecule has 0 aliphatic rings. The van der Waals surface area contributed by atoms with Crippen molar-refractivity contribution in [2.75, 3.05) is 19.6 Å². The maximum atomic E-state index is 11.3. The fourth-order valence-electron chi connectivity index (χ4n) is 2.63. The van der Waals surface area contributed by atoms with Gasteiger partial charge in [0.2, 0.25) is 0 Å². The van der Waals surface area contributed by atoms with E-state index in [1.54, 1.807) is 6.92 Å². The number of hydrogen-bond donors (Lipinski definition) is 2. The monoisotopic (exact) mass is 274 g/mol. The number of rotatable bonds is 6. The molecular formula is C16H22N2O2. The lowest BCUT2D eigenvalue weighted by atomic mass is 10.1. The van der Waals surface area contributed by atoms with E-state index in [-0.39, 0.29) is 0 Å². The van der Waals surface area contributed by atoms with Gasteiger partial charge in [0.05, 0.1) is 5.56 Å². The zero-order valence-electron chi connectivity index (χ0n) is 12.4. The van der Waals surface area contributed by atoms with Crippen molar-refractivity contribution in [2.24, 2.45) is 0 Å². The summed E-state index contributed by atoms with van der Waals surface area (Å²) in [6.07, 6.45) is 0.945. The first-order valence-electron chi connectivity index (χ1n) is 7.13. The molecule has 1 aromatic carbocycles. The minimum Gasteiger partial charge on any atom is -0.478 e. The van der Waals surface area contributed by atoms with Crippen LogP contribution in [-0.2, 0) is 6.42 Å². The normalized spacial score (nSPS) is 11.4. The number of carboxylic acids is 1. The van der Waals surface area contributed by atoms with Crippen LogP contribution in [0.2, 0.25) is 0 Å². The highest BCUT2D eigenvalue weighted by atomic mass is 16.4. The van der Waals surface area contributed by atoms with Crippen LogP contribution in [0.5, 0.6) is 0 Å². The summed E-state index contributed by atoms with van der Waals surface area (Å²) < 4.78 is 0. The fraction of sp³-hybridized carbons (Fsp3) is 0.438. The van der Waals surface area contributed by atoms with Gasteiger partial charge in [-0.1, -0.05) is 19.9 Å². The van der Waals surface area contributed by atoms with Gasteiger partial charge >= 0.3 is 5.97 Å². The highest BCUT2D eigenvalue weighted by Gasteiger charge is 2.15. The third kappa shape index (κ3) is 2.85. The molecule has 0 radical (unpaired) electrons. The molecule has 1 aromatic heterocycles. The average molecular weight is 274 g/mol. The molecule has 0 aliphatic heterocycles. The van der Waals surface area contributed by atoms with E-state index < -0.39 is 5.97 Å². The minimum absolute atomic E-state index is 0.393. The van der Waals surface area contributed by atoms with Crippen LogP contribution >= 0.6 is 0 Å². The van der Waals surface area contributed by atoms with E-state index in [0.717, 1.165) is 37.0 Å². The third-order valence-electron chi connectivity index (χ3n) is 3.88. The van der Waals surface area contributed by atoms with Crippen LogP contribution in [0.15, 0.2) is 18.2 Å². The standard InChI is InChI=1S/C16H22N2O2/c1-4-18(5-2)9-8-12-6-7-14-13(10-12)15(16(19)20)11(3)17-14/h6-7,10,17H,4-5,8-9H2,1-3H3,(H,19,20). The SMILES string of the molecule is CCN(CC)CCc1ccc2[nH]c(C)c(C(=O)O)c2c1. The van der Waals surface area contributed by atoms with E-state index >= 15 is 0 Å². The molecule has 108 valence electrons. The molecule has 0 saturated carbocycles. The number of aromatic nitrogens is 1. The van der Waals surface area contributed by atoms with Crippen molar-refractivity contribution in [3.63, 3.8) is 0 Å². The molecule has 1 heterocycles. The summed E-state index contributed by atoms with van der Waals surface area (Å²) >= 11 is 0. The Morgan fingerprint density at radius 3 is 2.60 bits per heavy atom. The zero-order valence-corrected chi connectivity index (χ0v) is 12.4. The summed E-state index contributed by atoms with van der Waals surface area (Å²) in [5, 5.41) is 10.1. The topological polar surface area (TPSA) is 56.3 Å². The number of hydrogen-bond acceptors (Lipinski definition) is 2. The number of aryl methyl sites for hydroxylation is 1. The first-order valence-corrected chi connectivity index (χ1v) is 7.13. The van der Waals surface area contributed by atoms with Crippen LogP contribution in [0.1, 0.15) is 35.5 Å². The van der Waals surface area contributed by atoms with Crippen LogP contribution in [0, 0.1) is 6.92 Å². The molecule has 0 saturated heterocycles. The van der Waals surface area contributed by atoms with E-state index in [9.17, 15) is 9.90 Å². The molecule has 0 unspecified atom stereocenters. The second-order valence-electron chi connectivity index (χ2n) is 5.09. The van der Waals surface area contributed by atoms with Crippen molar-refractivity contribution in [3.05, 3.63) is 35.0 Å². The summed E-state index contributed by atoms with van der Waals surface area (Å²) in [4.78, 5) is 16.8. The molecule has 0 bridgehead atoms. The van der Waals surface area contributed by atoms with Crippen molar-refractivity contribution in [2.45, 2.75) is 27.2 Å². The molecule has 0 fully saturated rings. The zero-order chi connectivity index (χ0) is 14.7. The lowest BCUT2D eigenvalue weighted by Crippen LogP contribution is -2.25. The molecule has 4 nitrogen and oxygen atoms in total. The van der Waals surface area contributed by atoms with Gasteiger partial charge in [0.15, 0.2) is 0 Å². The first kappa shape index (κ1) is 14.6. The van der Waals surface area contributed by atoms with Gasteiger partial charge in [0.25, 0.3) is 0 Å². The third-order valence-corrected chi connectivity index (χ3v) is 3.88. The van der Waals surface area contributed by atoms with Crippen LogP contribution in [-0.4, -0.2) is 40.6 Å². The van der Waals surface area contributed by atoms with Crippen LogP contribution in [0.3, 0.4) is 0 Å². The Kier molecular flexibility index (Phi) is 4.45. The maximum Gasteiger partial charge on any atom is 0.338 e. The molecule has 2 N–H and O–H groups in total. The molecule has 4 heteroatoms. The van der Waals surface area contributed by atoms with Crippen molar-refractivity contribution in [1.82, 2.24) is 9.88 Å². The summed E-state index contributed by atoms with van der Waals surface area (Å²) in [6.45, 7) is 9.21. The van der Waals surface area contributed by atoms with E-state index in [1.165, 1.54) is 5.56 Å². The Morgan fingerprint density at radius 1 is 1.30 bits per heavy atom. The van der Waals surface area contributed by atoms with Gasteiger partial charge in [-0.15, -0.1) is 0 Å². The van der Waals surface area contributed by atoms with Gasteiger partial charge in [-0.2, -0.15) is 0 Å². The number of benzene rings is 1. The number of carbonyl (C=O) groups is 1. The predicted octanol–water partition coefficient (Wildman–Crippen LogP) is 3.06. The fourth-order valence-corrected chi connectivity index (χ4v) is 2.63. The number of nitrogens with one attached hydrogen (secondary N) is 1. The lowest BCUT2D eigenvalue weighted by Gasteiger charge is -2.17. The highest BCUT2D eigenvalue weighted by molar-refractivity contribution is 6.04. The number of fused-ring (bicyclic) bond motifs is 1. The highest BCUT2D eigenvalue weighted by Crippen LogP contribution is 2.23. The molecule has 0 atom stereocenters. The Balaban J connectivity index is 2.28. The molecule has 0 aliphatic carbocycles. The van der Waals surface area contributed by atoms with Gasteiger partial charge in [0, 0.05) is 23.1 Å². The molecular weight excluding hydrogens is 252 g/mol. The average Bonchev–Trinajstić information content (AvgIpc) is 2.75. The van der Waals surface area contributed by atoms with Crippen molar-refractivity contribution in [3.8, 4) is 0 Å². The summed E-state index contributed by atoms with van der Waals surface area (Å²) in [6, 6.07) is 6.06. The van der Waals surface area contributed by atoms with Gasteiger partial charge in [-0.25, -0.2) is 4.79 Å². The Bertz CT molecular complexity index is 612. The van der Waals surface area contributed by atoms with Crippen LogP contribution in [0.4, 0.5) is 0 Å². The van der Waals surface area contributed by atoms with Crippen molar-refractivity contribution in [1.29, 1.82) is 0 Å². The molecule has 2 aromatic rings. The van der Waals surface area contributed by atoms with E-state index in [1.807, 2.05) is 12.1 Å². The largest absolute Gasteiger partial charge is 0.478 e. The van der Waals surface area contributed by atoms with Gasteiger partial charge in [-0.3, -0.25) is 0 Å². The summed E-state index contributed by atoms with van der Waals surface area (Å²) in [5.41, 5.74) is 3.19. The van der Waals surface area contributed by atoms with Gasteiger partial charge in [0.1, 0.15) is 0 Å². The quantitative estimate of drug-likeness (QED) is 0.851. The Labute approximate surface area is 119 Å². The van der Waals surface area contributed by atoms with Crippen LogP contribution in [0.25, 0.3) is 10.9 Å². The van der Waals surface area contributed by atoms with Crippen molar-refractivity contribution < 1.29 is 9.90 Å². The molecule has 0 amide bonds. The first-order chi connectivity index (χ1) is 9.56. The second-order valence-corrected chi connectivity index (χ2v) is 5.09. The summed E-state index contributed by atoms with van der Waals surface area (Å²) in [7, 11) is 0. The van der Waals surface area contributed by atoms with Gasteiger partial charge in [-0.05, 0) is 44.1 Å². The smallest absolute Gasteiger partial charge is 0.338 e. The number of likely N-dealkylation sites (N-methyl/N-ethyl adjacent to an activating group) is 1. The molecule has 20 heavy (non-hydrogen) atoms. The Hall–Kier alpha value is -1.81. The predicted molar refractivity (Wildman–Crippen MR) is 81.5 cm³/mol. The molecule has 0 spiro atoms. The second kappa shape index (κ2) is 6.09. The minimum atomic E-state index is -0.866. The van der Waals surface area contributed by atoms with Crippen molar-refractivity contribution >= 4 is 16.9 Å². The number of H-pyrrole nitrogens is 1.